The Morgan fingerprint density at radius 2 is 2.29 bits per heavy atom. The van der Waals surface area contributed by atoms with Crippen molar-refractivity contribution in [3.05, 3.63) is 18.6 Å². The van der Waals surface area contributed by atoms with Gasteiger partial charge in [-0.05, 0) is 6.07 Å². The van der Waals surface area contributed by atoms with E-state index in [1.54, 1.807) is 12.3 Å². The summed E-state index contributed by atoms with van der Waals surface area (Å²) >= 11 is 1.05. The zero-order valence-electron chi connectivity index (χ0n) is 7.21. The second kappa shape index (κ2) is 3.75. The molecule has 1 aromatic heterocycles. The second-order valence-corrected chi connectivity index (χ2v) is 3.73. The van der Waals surface area contributed by atoms with Crippen molar-refractivity contribution in [2.75, 3.05) is 17.2 Å². The van der Waals surface area contributed by atoms with E-state index in [9.17, 15) is 9.59 Å². The fourth-order valence-corrected chi connectivity index (χ4v) is 1.86. The van der Waals surface area contributed by atoms with Crippen molar-refractivity contribution < 1.29 is 9.59 Å². The summed E-state index contributed by atoms with van der Waals surface area (Å²) in [5, 5.41) is -0.421. The highest BCUT2D eigenvalue weighted by Crippen LogP contribution is 2.18. The lowest BCUT2D eigenvalue weighted by atomic mass is 10.4. The van der Waals surface area contributed by atoms with Gasteiger partial charge in [-0.2, -0.15) is 0 Å². The van der Waals surface area contributed by atoms with Gasteiger partial charge < -0.3 is 0 Å². The van der Waals surface area contributed by atoms with Crippen LogP contribution in [0, 0.1) is 0 Å². The quantitative estimate of drug-likeness (QED) is 0.613. The van der Waals surface area contributed by atoms with Crippen LogP contribution < -0.4 is 4.90 Å². The number of hydrogen-bond acceptors (Lipinski definition) is 5. The molecule has 72 valence electrons. The number of hydrogen-bond donors (Lipinski definition) is 0. The maximum atomic E-state index is 11.4. The molecule has 5 nitrogen and oxygen atoms in total. The average Bonchev–Trinajstić information content (AvgIpc) is 2.23. The normalized spacial score (nSPS) is 17.3. The van der Waals surface area contributed by atoms with Crippen molar-refractivity contribution in [1.29, 1.82) is 0 Å². The predicted molar refractivity (Wildman–Crippen MR) is 51.9 cm³/mol. The summed E-state index contributed by atoms with van der Waals surface area (Å²) in [7, 11) is 0. The number of aromatic nitrogens is 2. The molecule has 0 aliphatic carbocycles. The SMILES string of the molecule is O=C1SCCN(c2ccncn2)C1=O. The fourth-order valence-electron chi connectivity index (χ4n) is 1.17. The van der Waals surface area contributed by atoms with Crippen LogP contribution in [0.4, 0.5) is 5.82 Å². The van der Waals surface area contributed by atoms with Gasteiger partial charge in [-0.1, -0.05) is 11.8 Å². The molecule has 1 aromatic rings. The number of anilines is 1. The van der Waals surface area contributed by atoms with Crippen LogP contribution in [0.25, 0.3) is 0 Å². The van der Waals surface area contributed by atoms with Crippen molar-refractivity contribution in [2.45, 2.75) is 0 Å². The molecule has 0 aromatic carbocycles. The summed E-state index contributed by atoms with van der Waals surface area (Å²) in [4.78, 5) is 31.6. The first-order chi connectivity index (χ1) is 6.79. The van der Waals surface area contributed by atoms with E-state index in [1.165, 1.54) is 11.2 Å². The molecule has 1 aliphatic heterocycles. The number of nitrogens with zero attached hydrogens (tertiary/aromatic N) is 3. The molecule has 2 rings (SSSR count). The molecular formula is C8H7N3O2S. The zero-order chi connectivity index (χ0) is 9.97. The van der Waals surface area contributed by atoms with E-state index in [2.05, 4.69) is 9.97 Å². The number of rotatable bonds is 1. The van der Waals surface area contributed by atoms with Gasteiger partial charge in [0.25, 0.3) is 5.12 Å². The van der Waals surface area contributed by atoms with E-state index in [1.807, 2.05) is 0 Å². The summed E-state index contributed by atoms with van der Waals surface area (Å²) < 4.78 is 0. The molecule has 1 fully saturated rings. The smallest absolute Gasteiger partial charge is 0.288 e. The third-order valence-electron chi connectivity index (χ3n) is 1.81. The van der Waals surface area contributed by atoms with Crippen LogP contribution in [-0.2, 0) is 9.59 Å². The van der Waals surface area contributed by atoms with Gasteiger partial charge in [0, 0.05) is 18.5 Å². The highest BCUT2D eigenvalue weighted by Gasteiger charge is 2.28. The van der Waals surface area contributed by atoms with Crippen molar-refractivity contribution in [3.63, 3.8) is 0 Å². The second-order valence-electron chi connectivity index (χ2n) is 2.66. The fraction of sp³-hybridized carbons (Fsp3) is 0.250. The Bertz CT molecular complexity index is 368. The Labute approximate surface area is 84.5 Å². The van der Waals surface area contributed by atoms with Crippen LogP contribution in [0.3, 0.4) is 0 Å². The number of carbonyl (C=O) groups excluding carboxylic acids is 2. The first-order valence-electron chi connectivity index (χ1n) is 4.03. The van der Waals surface area contributed by atoms with Gasteiger partial charge in [-0.25, -0.2) is 9.97 Å². The average molecular weight is 209 g/mol. The molecule has 14 heavy (non-hydrogen) atoms. The van der Waals surface area contributed by atoms with E-state index in [-0.39, 0.29) is 0 Å². The third-order valence-corrected chi connectivity index (χ3v) is 2.63. The summed E-state index contributed by atoms with van der Waals surface area (Å²) in [6, 6.07) is 1.61. The van der Waals surface area contributed by atoms with Gasteiger partial charge in [0.15, 0.2) is 0 Å². The van der Waals surface area contributed by atoms with Gasteiger partial charge >= 0.3 is 5.91 Å². The molecule has 1 aliphatic rings. The summed E-state index contributed by atoms with van der Waals surface area (Å²) in [6.45, 7) is 0.520. The molecule has 0 unspecified atom stereocenters. The van der Waals surface area contributed by atoms with Gasteiger partial charge in [0.1, 0.15) is 12.1 Å². The summed E-state index contributed by atoms with van der Waals surface area (Å²) in [5.41, 5.74) is 0. The predicted octanol–water partition coefficient (Wildman–Crippen LogP) is 0.0830. The molecule has 2 heterocycles. The molecule has 1 amide bonds. The van der Waals surface area contributed by atoms with E-state index >= 15 is 0 Å². The Hall–Kier alpha value is -1.43. The van der Waals surface area contributed by atoms with Gasteiger partial charge in [-0.3, -0.25) is 14.5 Å². The summed E-state index contributed by atoms with van der Waals surface area (Å²) in [5.74, 6) is 0.604. The number of amides is 1. The first kappa shape index (κ1) is 9.14. The molecular weight excluding hydrogens is 202 g/mol. The number of carbonyl (C=O) groups is 2. The molecule has 0 bridgehead atoms. The van der Waals surface area contributed by atoms with Crippen LogP contribution >= 0.6 is 11.8 Å². The zero-order valence-corrected chi connectivity index (χ0v) is 8.03. The van der Waals surface area contributed by atoms with E-state index in [0.29, 0.717) is 18.1 Å². The first-order valence-corrected chi connectivity index (χ1v) is 5.02. The Balaban J connectivity index is 2.26. The van der Waals surface area contributed by atoms with Gasteiger partial charge in [-0.15, -0.1) is 0 Å². The highest BCUT2D eigenvalue weighted by molar-refractivity contribution is 8.15. The minimum atomic E-state index is -0.500. The van der Waals surface area contributed by atoms with Gasteiger partial charge in [0.2, 0.25) is 0 Å². The van der Waals surface area contributed by atoms with Crippen LogP contribution in [0.2, 0.25) is 0 Å². The minimum absolute atomic E-state index is 0.421. The van der Waals surface area contributed by atoms with Crippen LogP contribution in [0.1, 0.15) is 0 Å². The topological polar surface area (TPSA) is 63.2 Å². The Kier molecular flexibility index (Phi) is 2.45. The van der Waals surface area contributed by atoms with E-state index in [4.69, 9.17) is 0 Å². The Morgan fingerprint density at radius 1 is 1.43 bits per heavy atom. The standard InChI is InChI=1S/C8H7N3O2S/c12-7-8(13)14-4-3-11(7)6-1-2-9-5-10-6/h1-2,5H,3-4H2. The molecule has 1 saturated heterocycles. The largest absolute Gasteiger partial charge is 0.306 e. The Morgan fingerprint density at radius 3 is 3.00 bits per heavy atom. The van der Waals surface area contributed by atoms with E-state index < -0.39 is 11.0 Å². The lowest BCUT2D eigenvalue weighted by molar-refractivity contribution is -0.131. The maximum Gasteiger partial charge on any atom is 0.306 e. The molecule has 0 atom stereocenters. The van der Waals surface area contributed by atoms with Crippen LogP contribution in [0.15, 0.2) is 18.6 Å². The lowest BCUT2D eigenvalue weighted by Crippen LogP contribution is -2.41. The maximum absolute atomic E-state index is 11.4. The number of thioether (sulfide) groups is 1. The third kappa shape index (κ3) is 1.60. The monoisotopic (exact) mass is 209 g/mol. The highest BCUT2D eigenvalue weighted by atomic mass is 32.2. The molecule has 6 heteroatoms. The van der Waals surface area contributed by atoms with Gasteiger partial charge in [0.05, 0.1) is 0 Å². The van der Waals surface area contributed by atoms with Crippen LogP contribution in [-0.4, -0.2) is 33.3 Å². The molecule has 0 N–H and O–H groups in total. The van der Waals surface area contributed by atoms with Crippen molar-refractivity contribution in [3.8, 4) is 0 Å². The van der Waals surface area contributed by atoms with Crippen molar-refractivity contribution in [2.24, 2.45) is 0 Å². The molecule has 0 radical (unpaired) electrons. The summed E-state index contributed by atoms with van der Waals surface area (Å²) in [6.07, 6.45) is 2.90. The molecule has 0 spiro atoms. The lowest BCUT2D eigenvalue weighted by Gasteiger charge is -2.23. The molecule has 0 saturated carbocycles. The van der Waals surface area contributed by atoms with Crippen molar-refractivity contribution in [1.82, 2.24) is 9.97 Å². The van der Waals surface area contributed by atoms with Crippen molar-refractivity contribution >= 4 is 28.6 Å². The minimum Gasteiger partial charge on any atom is -0.288 e. The van der Waals surface area contributed by atoms with Crippen LogP contribution in [0.5, 0.6) is 0 Å². The van der Waals surface area contributed by atoms with E-state index in [0.717, 1.165) is 11.8 Å².